The van der Waals surface area contributed by atoms with Crippen molar-refractivity contribution >= 4 is 5.91 Å². The molecule has 2 fully saturated rings. The van der Waals surface area contributed by atoms with Crippen molar-refractivity contribution in [2.45, 2.75) is 25.7 Å². The number of hydrogen-bond donors (Lipinski definition) is 0. The average molecular weight is 386 g/mol. The summed E-state index contributed by atoms with van der Waals surface area (Å²) in [6.45, 7) is 7.02. The molecule has 2 aliphatic rings. The zero-order chi connectivity index (χ0) is 19.4. The van der Waals surface area contributed by atoms with Crippen LogP contribution in [0.1, 0.15) is 18.2 Å². The van der Waals surface area contributed by atoms with Crippen molar-refractivity contribution in [2.75, 3.05) is 52.5 Å². The van der Waals surface area contributed by atoms with Gasteiger partial charge in [0.25, 0.3) is 0 Å². The molecule has 1 aromatic rings. The van der Waals surface area contributed by atoms with Crippen molar-refractivity contribution in [2.24, 2.45) is 0 Å². The molecule has 0 unspecified atom stereocenters. The molecule has 0 N–H and O–H groups in total. The quantitative estimate of drug-likeness (QED) is 0.784. The Balaban J connectivity index is 1.54. The molecule has 27 heavy (non-hydrogen) atoms. The van der Waals surface area contributed by atoms with Crippen LogP contribution < -0.4 is 0 Å². The number of pyridine rings is 1. The molecule has 3 rings (SSSR count). The van der Waals surface area contributed by atoms with Gasteiger partial charge in [0.15, 0.2) is 0 Å². The predicted molar refractivity (Wildman–Crippen MR) is 93.0 cm³/mol. The molecule has 1 aromatic heterocycles. The van der Waals surface area contributed by atoms with Crippen LogP contribution in [0.2, 0.25) is 0 Å². The highest BCUT2D eigenvalue weighted by Crippen LogP contribution is 2.30. The Labute approximate surface area is 156 Å². The second-order valence-corrected chi connectivity index (χ2v) is 6.93. The van der Waals surface area contributed by atoms with Gasteiger partial charge in [0.1, 0.15) is 5.69 Å². The lowest BCUT2D eigenvalue weighted by atomic mass is 10.1. The van der Waals surface area contributed by atoms with E-state index in [1.165, 1.54) is 18.3 Å². The topological polar surface area (TPSA) is 48.9 Å². The molecule has 2 saturated heterocycles. The number of rotatable bonds is 4. The molecule has 1 amide bonds. The Kier molecular flexibility index (Phi) is 6.33. The predicted octanol–water partition coefficient (Wildman–Crippen LogP) is 1.47. The molecule has 0 bridgehead atoms. The average Bonchev–Trinajstić information content (AvgIpc) is 2.68. The fourth-order valence-electron chi connectivity index (χ4n) is 3.58. The fraction of sp³-hybridized carbons (Fsp3) is 0.667. The molecule has 0 radical (unpaired) electrons. The van der Waals surface area contributed by atoms with Crippen LogP contribution in [0, 0.1) is 0 Å². The Morgan fingerprint density at radius 2 is 1.85 bits per heavy atom. The van der Waals surface area contributed by atoms with Crippen LogP contribution in [-0.2, 0) is 22.3 Å². The first-order valence-electron chi connectivity index (χ1n) is 9.20. The van der Waals surface area contributed by atoms with Crippen LogP contribution in [0.25, 0.3) is 0 Å². The minimum atomic E-state index is -4.45. The number of amides is 1. The third-order valence-electron chi connectivity index (χ3n) is 5.19. The van der Waals surface area contributed by atoms with Gasteiger partial charge in [0.2, 0.25) is 5.91 Å². The third kappa shape index (κ3) is 4.97. The number of morpholine rings is 1. The number of piperazine rings is 1. The highest BCUT2D eigenvalue weighted by atomic mass is 19.4. The van der Waals surface area contributed by atoms with E-state index >= 15 is 0 Å². The maximum Gasteiger partial charge on any atom is 0.433 e. The van der Waals surface area contributed by atoms with Gasteiger partial charge in [-0.25, -0.2) is 0 Å². The summed E-state index contributed by atoms with van der Waals surface area (Å²) >= 11 is 0. The van der Waals surface area contributed by atoms with E-state index in [1.54, 1.807) is 0 Å². The summed E-state index contributed by atoms with van der Waals surface area (Å²) in [5.41, 5.74) is -0.626. The maximum absolute atomic E-state index is 13.1. The molecule has 0 aliphatic carbocycles. The number of alkyl halides is 3. The summed E-state index contributed by atoms with van der Waals surface area (Å²) in [4.78, 5) is 22.0. The number of carbonyl (C=O) groups excluding carboxylic acids is 1. The monoisotopic (exact) mass is 386 g/mol. The van der Waals surface area contributed by atoms with Crippen molar-refractivity contribution in [3.05, 3.63) is 29.6 Å². The molecular weight excluding hydrogens is 361 g/mol. The molecule has 150 valence electrons. The summed E-state index contributed by atoms with van der Waals surface area (Å²) in [7, 11) is 0. The van der Waals surface area contributed by atoms with Gasteiger partial charge in [-0.1, -0.05) is 6.07 Å². The Morgan fingerprint density at radius 1 is 1.19 bits per heavy atom. The first kappa shape index (κ1) is 20.0. The highest BCUT2D eigenvalue weighted by molar-refractivity contribution is 5.81. The normalized spacial score (nSPS) is 21.3. The molecule has 2 aliphatic heterocycles. The molecule has 6 nitrogen and oxygen atoms in total. The van der Waals surface area contributed by atoms with Crippen molar-refractivity contribution in [3.63, 3.8) is 0 Å². The maximum atomic E-state index is 13.1. The molecule has 9 heteroatoms. The van der Waals surface area contributed by atoms with Crippen LogP contribution in [-0.4, -0.2) is 84.1 Å². The number of nitrogens with zero attached hydrogens (tertiary/aromatic N) is 4. The smallest absolute Gasteiger partial charge is 0.378 e. The number of carbonyl (C=O) groups is 1. The largest absolute Gasteiger partial charge is 0.433 e. The fourth-order valence-corrected chi connectivity index (χ4v) is 3.58. The lowest BCUT2D eigenvalue weighted by Crippen LogP contribution is -2.55. The van der Waals surface area contributed by atoms with E-state index < -0.39 is 11.9 Å². The zero-order valence-corrected chi connectivity index (χ0v) is 15.4. The van der Waals surface area contributed by atoms with E-state index in [0.29, 0.717) is 52.5 Å². The van der Waals surface area contributed by atoms with Gasteiger partial charge in [0.05, 0.1) is 19.3 Å². The molecule has 0 spiro atoms. The third-order valence-corrected chi connectivity index (χ3v) is 5.19. The van der Waals surface area contributed by atoms with E-state index in [4.69, 9.17) is 4.74 Å². The van der Waals surface area contributed by atoms with Crippen LogP contribution in [0.15, 0.2) is 18.3 Å². The van der Waals surface area contributed by atoms with Crippen LogP contribution in [0.3, 0.4) is 0 Å². The van der Waals surface area contributed by atoms with Crippen molar-refractivity contribution in [1.29, 1.82) is 0 Å². The van der Waals surface area contributed by atoms with Crippen molar-refractivity contribution in [3.8, 4) is 0 Å². The molecule has 0 saturated carbocycles. The lowest BCUT2D eigenvalue weighted by molar-refractivity contribution is -0.143. The lowest BCUT2D eigenvalue weighted by Gasteiger charge is -2.39. The molecular formula is C18H25F3N4O2. The van der Waals surface area contributed by atoms with Gasteiger partial charge in [0, 0.05) is 52.0 Å². The van der Waals surface area contributed by atoms with Gasteiger partial charge in [-0.05, 0) is 18.6 Å². The molecule has 0 aromatic carbocycles. The van der Waals surface area contributed by atoms with Gasteiger partial charge in [-0.2, -0.15) is 13.2 Å². The summed E-state index contributed by atoms with van der Waals surface area (Å²) in [6, 6.07) is 2.78. The molecule has 3 heterocycles. The van der Waals surface area contributed by atoms with Crippen LogP contribution in [0.5, 0.6) is 0 Å². The summed E-state index contributed by atoms with van der Waals surface area (Å²) in [6.07, 6.45) is -3.28. The summed E-state index contributed by atoms with van der Waals surface area (Å²) in [5.74, 6) is 0.0957. The van der Waals surface area contributed by atoms with Crippen LogP contribution in [0.4, 0.5) is 13.2 Å². The van der Waals surface area contributed by atoms with Gasteiger partial charge >= 0.3 is 6.18 Å². The number of aromatic nitrogens is 1. The van der Waals surface area contributed by atoms with Gasteiger partial charge < -0.3 is 9.64 Å². The molecule has 1 atom stereocenters. The standard InChI is InChI=1S/C18H25F3N4O2/c1-14(17(26)25-9-11-27-12-10-25)24-7-5-23(6-8-24)13-15-3-2-4-22-16(15)18(19,20)21/h2-4,14H,5-13H2,1H3/t14-/m0/s1. The SMILES string of the molecule is C[C@@H](C(=O)N1CCOCC1)N1CCN(Cc2cccnc2C(F)(F)F)CC1. The summed E-state index contributed by atoms with van der Waals surface area (Å²) < 4.78 is 44.6. The minimum Gasteiger partial charge on any atom is -0.378 e. The Hall–Kier alpha value is -1.71. The zero-order valence-electron chi connectivity index (χ0n) is 15.4. The first-order chi connectivity index (χ1) is 12.9. The van der Waals surface area contributed by atoms with E-state index in [1.807, 2.05) is 16.7 Å². The van der Waals surface area contributed by atoms with Gasteiger partial charge in [-0.3, -0.25) is 19.6 Å². The number of ether oxygens (including phenoxy) is 1. The van der Waals surface area contributed by atoms with Crippen molar-refractivity contribution < 1.29 is 22.7 Å². The van der Waals surface area contributed by atoms with E-state index in [2.05, 4.69) is 9.88 Å². The van der Waals surface area contributed by atoms with Gasteiger partial charge in [-0.15, -0.1) is 0 Å². The Bertz CT molecular complexity index is 642. The van der Waals surface area contributed by atoms with Crippen molar-refractivity contribution in [1.82, 2.24) is 19.7 Å². The van der Waals surface area contributed by atoms with E-state index in [-0.39, 0.29) is 24.1 Å². The van der Waals surface area contributed by atoms with Crippen LogP contribution >= 0.6 is 0 Å². The highest BCUT2D eigenvalue weighted by Gasteiger charge is 2.36. The first-order valence-corrected chi connectivity index (χ1v) is 9.20. The second kappa shape index (κ2) is 8.53. The number of halogens is 3. The summed E-state index contributed by atoms with van der Waals surface area (Å²) in [5, 5.41) is 0. The Morgan fingerprint density at radius 3 is 2.48 bits per heavy atom. The van der Waals surface area contributed by atoms with E-state index in [0.717, 1.165) is 0 Å². The minimum absolute atomic E-state index is 0.0957. The van der Waals surface area contributed by atoms with E-state index in [9.17, 15) is 18.0 Å². The second-order valence-electron chi connectivity index (χ2n) is 6.93. The number of hydrogen-bond acceptors (Lipinski definition) is 5.